The van der Waals surface area contributed by atoms with E-state index in [0.717, 1.165) is 54.9 Å². The number of fused-ring (bicyclic) bond motifs is 10. The van der Waals surface area contributed by atoms with Crippen LogP contribution in [0.2, 0.25) is 0 Å². The second-order valence-electron chi connectivity index (χ2n) is 20.0. The Balaban J connectivity index is 0.978. The van der Waals surface area contributed by atoms with Crippen LogP contribution in [-0.2, 0) is 20.4 Å². The maximum absolute atomic E-state index is 17.9. The smallest absolute Gasteiger partial charge is 0.239 e. The van der Waals surface area contributed by atoms with Crippen molar-refractivity contribution in [1.82, 2.24) is 45.6 Å². The summed E-state index contributed by atoms with van der Waals surface area (Å²) >= 11 is 0. The van der Waals surface area contributed by atoms with Crippen LogP contribution in [0, 0.1) is 34.1 Å². The van der Waals surface area contributed by atoms with Crippen LogP contribution < -0.4 is 15.1 Å². The summed E-state index contributed by atoms with van der Waals surface area (Å²) in [5.74, 6) is -3.41. The lowest BCUT2D eigenvalue weighted by Gasteiger charge is -2.38. The van der Waals surface area contributed by atoms with Gasteiger partial charge in [0.05, 0.1) is 69.3 Å². The third kappa shape index (κ3) is 5.72. The number of carbonyl (C=O) groups excluding carboxylic acids is 1. The number of ether oxygens (including phenoxy) is 1. The molecule has 2 aromatic carbocycles. The molecular weight excluding hydrogens is 863 g/mol. The Hall–Kier alpha value is -6.49. The summed E-state index contributed by atoms with van der Waals surface area (Å²) in [4.78, 5) is 35.6. The van der Waals surface area contributed by atoms with Crippen LogP contribution in [0.3, 0.4) is 0 Å². The zero-order chi connectivity index (χ0) is 46.2. The lowest BCUT2D eigenvalue weighted by molar-refractivity contribution is -0.120. The highest BCUT2D eigenvalue weighted by molar-refractivity contribution is 5.82. The maximum Gasteiger partial charge on any atom is 0.239 e. The van der Waals surface area contributed by atoms with E-state index in [2.05, 4.69) is 53.2 Å². The van der Waals surface area contributed by atoms with Gasteiger partial charge in [0.2, 0.25) is 17.8 Å². The van der Waals surface area contributed by atoms with Crippen molar-refractivity contribution >= 4 is 17.8 Å². The fraction of sp³-hybridized carbons (Fsp3) is 0.420. The standard InChI is InChI=1S/C50H47F4N11O2/c1-47(2)30-11-14-49(47,36-12-15-57-46(58-36)65-18-6-20-67-25-65)43-27(30)21-35(61-62-43)40-33(53)10-9-26(42(40)54)29-23-50(37-13-16-56-45(59-37)64-19-17-55-38(66)24-64)44-28(41(29)48(50,3)4)22-34(60-63-44)39-31(51)7-5-8-32(39)52/h5,7-10,12-13,15-16,21-22,29-30,41H,6,11,14,17-20,23-25H2,1-4H3,(H,55,66)/t29?,30?,41-,49+,50+/m1/s1. The number of carbonyl (C=O) groups is 1. The first kappa shape index (κ1) is 41.9. The second kappa shape index (κ2) is 14.8. The molecule has 4 bridgehead atoms. The van der Waals surface area contributed by atoms with Gasteiger partial charge in [0.1, 0.15) is 30.0 Å². The highest BCUT2D eigenvalue weighted by Gasteiger charge is 2.69. The van der Waals surface area contributed by atoms with Gasteiger partial charge >= 0.3 is 0 Å². The number of nitrogens with one attached hydrogen (secondary N) is 1. The van der Waals surface area contributed by atoms with Crippen LogP contribution in [0.15, 0.2) is 67.0 Å². The minimum Gasteiger partial charge on any atom is -0.361 e. The van der Waals surface area contributed by atoms with E-state index >= 15 is 17.6 Å². The van der Waals surface area contributed by atoms with Crippen molar-refractivity contribution in [3.63, 3.8) is 0 Å². The molecule has 6 heterocycles. The number of aromatic nitrogens is 8. The molecule has 0 spiro atoms. The summed E-state index contributed by atoms with van der Waals surface area (Å²) in [6.07, 6.45) is 6.21. The SMILES string of the molecule is CC1(C)C2CC[C@]1(c1ccnc(N3CCCOC3)n1)c1nnc(-c3c(F)ccc(C4C[C@]5(c6ccnc(N7CCNC(=O)C7)n6)c6nnc(-c7c(F)cccc7F)cc6[C@H]4C5(C)C)c3F)cc12. The predicted octanol–water partition coefficient (Wildman–Crippen LogP) is 7.66. The highest BCUT2D eigenvalue weighted by Crippen LogP contribution is 2.74. The molecule has 0 radical (unpaired) electrons. The Labute approximate surface area is 383 Å². The van der Waals surface area contributed by atoms with Crippen LogP contribution >= 0.6 is 0 Å². The first-order valence-electron chi connectivity index (χ1n) is 23.0. The van der Waals surface area contributed by atoms with Gasteiger partial charge in [-0.2, -0.15) is 10.2 Å². The van der Waals surface area contributed by atoms with Crippen molar-refractivity contribution in [2.45, 2.75) is 82.0 Å². The summed E-state index contributed by atoms with van der Waals surface area (Å²) in [5.41, 5.74) is 1.29. The van der Waals surface area contributed by atoms with Gasteiger partial charge in [0.15, 0.2) is 0 Å². The third-order valence-electron chi connectivity index (χ3n) is 16.5. The topological polar surface area (TPSA) is 148 Å². The molecule has 6 aliphatic rings. The molecule has 1 N–H and O–H groups in total. The van der Waals surface area contributed by atoms with E-state index in [1.54, 1.807) is 29.4 Å². The third-order valence-corrected chi connectivity index (χ3v) is 16.5. The molecule has 12 rings (SSSR count). The van der Waals surface area contributed by atoms with E-state index in [1.165, 1.54) is 18.2 Å². The number of hydrogen-bond donors (Lipinski definition) is 1. The molecule has 2 aliphatic heterocycles. The van der Waals surface area contributed by atoms with Crippen molar-refractivity contribution in [1.29, 1.82) is 0 Å². The molecule has 4 aromatic heterocycles. The number of amides is 1. The van der Waals surface area contributed by atoms with Crippen LogP contribution in [0.1, 0.15) is 111 Å². The zero-order valence-corrected chi connectivity index (χ0v) is 37.5. The van der Waals surface area contributed by atoms with Gasteiger partial charge in [-0.25, -0.2) is 37.5 Å². The van der Waals surface area contributed by atoms with E-state index in [1.807, 2.05) is 17.0 Å². The quantitative estimate of drug-likeness (QED) is 0.157. The number of hydrogen-bond acceptors (Lipinski definition) is 12. The molecule has 2 unspecified atom stereocenters. The highest BCUT2D eigenvalue weighted by atomic mass is 19.1. The van der Waals surface area contributed by atoms with Crippen LogP contribution in [0.5, 0.6) is 0 Å². The minimum atomic E-state index is -1.03. The molecule has 2 saturated carbocycles. The van der Waals surface area contributed by atoms with Crippen molar-refractivity contribution in [3.05, 3.63) is 130 Å². The van der Waals surface area contributed by atoms with Gasteiger partial charge in [-0.3, -0.25) is 4.79 Å². The van der Waals surface area contributed by atoms with Crippen molar-refractivity contribution in [3.8, 4) is 22.5 Å². The second-order valence-corrected chi connectivity index (χ2v) is 20.0. The van der Waals surface area contributed by atoms with Crippen molar-refractivity contribution in [2.24, 2.45) is 10.8 Å². The Kier molecular flexibility index (Phi) is 9.23. The average Bonchev–Trinajstić information content (AvgIpc) is 3.89. The van der Waals surface area contributed by atoms with E-state index in [0.29, 0.717) is 55.3 Å². The molecule has 2 saturated heterocycles. The number of rotatable bonds is 7. The lowest BCUT2D eigenvalue weighted by Crippen LogP contribution is -2.48. The predicted molar refractivity (Wildman–Crippen MR) is 238 cm³/mol. The molecule has 342 valence electrons. The van der Waals surface area contributed by atoms with Gasteiger partial charge in [-0.1, -0.05) is 39.8 Å². The summed E-state index contributed by atoms with van der Waals surface area (Å²) in [6.45, 7) is 11.4. The summed E-state index contributed by atoms with van der Waals surface area (Å²) in [7, 11) is 0. The molecule has 5 atom stereocenters. The van der Waals surface area contributed by atoms with Gasteiger partial charge in [-0.15, -0.1) is 10.2 Å². The largest absolute Gasteiger partial charge is 0.361 e. The Morgan fingerprint density at radius 2 is 1.37 bits per heavy atom. The molecule has 6 aromatic rings. The van der Waals surface area contributed by atoms with Gasteiger partial charge in [0, 0.05) is 32.0 Å². The summed E-state index contributed by atoms with van der Waals surface area (Å²) in [5, 5.41) is 21.5. The molecule has 4 fully saturated rings. The van der Waals surface area contributed by atoms with Gasteiger partial charge < -0.3 is 19.9 Å². The van der Waals surface area contributed by atoms with Crippen molar-refractivity contribution in [2.75, 3.05) is 49.3 Å². The molecule has 67 heavy (non-hydrogen) atoms. The first-order chi connectivity index (χ1) is 32.3. The fourth-order valence-electron chi connectivity index (χ4n) is 13.3. The first-order valence-corrected chi connectivity index (χ1v) is 23.0. The number of halogens is 4. The lowest BCUT2D eigenvalue weighted by atomic mass is 9.66. The van der Waals surface area contributed by atoms with E-state index in [4.69, 9.17) is 24.9 Å². The Bertz CT molecular complexity index is 3040. The van der Waals surface area contributed by atoms with Crippen LogP contribution in [0.25, 0.3) is 22.5 Å². The number of piperazine rings is 1. The van der Waals surface area contributed by atoms with Gasteiger partial charge in [-0.05, 0) is 113 Å². The van der Waals surface area contributed by atoms with Crippen LogP contribution in [0.4, 0.5) is 29.5 Å². The van der Waals surface area contributed by atoms with Gasteiger partial charge in [0.25, 0.3) is 0 Å². The van der Waals surface area contributed by atoms with Crippen molar-refractivity contribution < 1.29 is 27.1 Å². The number of anilines is 2. The molecule has 1 amide bonds. The van der Waals surface area contributed by atoms with E-state index < -0.39 is 51.3 Å². The molecule has 4 aliphatic carbocycles. The average molecular weight is 910 g/mol. The molecule has 13 nitrogen and oxygen atoms in total. The number of nitrogens with zero attached hydrogens (tertiary/aromatic N) is 10. The maximum atomic E-state index is 17.9. The summed E-state index contributed by atoms with van der Waals surface area (Å²) < 4.78 is 70.7. The Morgan fingerprint density at radius 3 is 2.07 bits per heavy atom. The number of benzene rings is 2. The normalized spacial score (nSPS) is 26.4. The monoisotopic (exact) mass is 909 g/mol. The zero-order valence-electron chi connectivity index (χ0n) is 37.5. The minimum absolute atomic E-state index is 0.00307. The van der Waals surface area contributed by atoms with Crippen LogP contribution in [-0.4, -0.2) is 85.8 Å². The van der Waals surface area contributed by atoms with E-state index in [-0.39, 0.29) is 58.3 Å². The molecule has 17 heteroatoms. The Morgan fingerprint density at radius 1 is 0.716 bits per heavy atom. The van der Waals surface area contributed by atoms with E-state index in [9.17, 15) is 4.79 Å². The molecular formula is C50H47F4N11O2. The fourth-order valence-corrected chi connectivity index (χ4v) is 13.3. The summed E-state index contributed by atoms with van der Waals surface area (Å²) in [6, 6.07) is 13.6.